The highest BCUT2D eigenvalue weighted by Crippen LogP contribution is 2.58. The van der Waals surface area contributed by atoms with Gasteiger partial charge in [-0.3, -0.25) is 4.57 Å². The van der Waals surface area contributed by atoms with Crippen LogP contribution in [0.3, 0.4) is 0 Å². The molecule has 1 aliphatic carbocycles. The number of aliphatic carboxylic acids is 2. The molecule has 1 unspecified atom stereocenters. The van der Waals surface area contributed by atoms with Crippen molar-refractivity contribution in [3.8, 4) is 11.5 Å². The first-order valence-corrected chi connectivity index (χ1v) is 12.6. The van der Waals surface area contributed by atoms with Crippen LogP contribution in [0.15, 0.2) is 60.9 Å². The zero-order valence-corrected chi connectivity index (χ0v) is 21.6. The normalized spacial score (nSPS) is 25.1. The van der Waals surface area contributed by atoms with Gasteiger partial charge in [0.2, 0.25) is 5.28 Å². The molecule has 2 aromatic heterocycles. The number of aromatic nitrogens is 4. The standard InChI is InChI=1S/C26H21ClFN5O8/c27-24-31-19(29)15-20(32-24)33(11-30-15)21-16(28)26(38)17(40-21)18(26)41-25(22(34)35,23(36)37)10-12-5-4-8-14(9-12)39-13-6-2-1-3-7-13/h1-9,11,16-18,21,38H,10H2,(H,34,35)(H,36,37)(H2,29,31,32)/t16-,17-,18?,21-,26+/m1/s1. The number of para-hydroxylation sites is 1. The van der Waals surface area contributed by atoms with Crippen LogP contribution >= 0.6 is 11.6 Å². The van der Waals surface area contributed by atoms with E-state index in [1.165, 1.54) is 18.5 Å². The number of imidazole rings is 1. The molecular formula is C26H21ClFN5O8. The van der Waals surface area contributed by atoms with E-state index in [1.807, 2.05) is 0 Å². The quantitative estimate of drug-likeness (QED) is 0.166. The number of hydrogen-bond donors (Lipinski definition) is 4. The Balaban J connectivity index is 1.24. The number of alkyl halides is 1. The van der Waals surface area contributed by atoms with Gasteiger partial charge in [-0.05, 0) is 41.4 Å². The summed E-state index contributed by atoms with van der Waals surface area (Å²) in [6.45, 7) is 0. The van der Waals surface area contributed by atoms with Crippen LogP contribution in [0.5, 0.6) is 11.5 Å². The maximum atomic E-state index is 15.7. The Bertz CT molecular complexity index is 1660. The summed E-state index contributed by atoms with van der Waals surface area (Å²) >= 11 is 5.87. The zero-order valence-electron chi connectivity index (χ0n) is 20.8. The largest absolute Gasteiger partial charge is 0.479 e. The molecule has 1 aliphatic heterocycles. The van der Waals surface area contributed by atoms with Crippen molar-refractivity contribution in [3.05, 3.63) is 71.8 Å². The van der Waals surface area contributed by atoms with E-state index in [0.29, 0.717) is 11.5 Å². The molecule has 4 aromatic rings. The molecule has 0 bridgehead atoms. The monoisotopic (exact) mass is 585 g/mol. The maximum absolute atomic E-state index is 15.7. The van der Waals surface area contributed by atoms with Gasteiger partial charge in [-0.2, -0.15) is 9.97 Å². The minimum atomic E-state index is -2.88. The smallest absolute Gasteiger partial charge is 0.348 e. The van der Waals surface area contributed by atoms with Crippen molar-refractivity contribution in [3.63, 3.8) is 0 Å². The lowest BCUT2D eigenvalue weighted by atomic mass is 9.94. The van der Waals surface area contributed by atoms with Gasteiger partial charge in [-0.1, -0.05) is 30.3 Å². The number of nitrogens with zero attached hydrogens (tertiary/aromatic N) is 4. The molecule has 13 nitrogen and oxygen atoms in total. The molecule has 2 fully saturated rings. The zero-order chi connectivity index (χ0) is 29.1. The predicted molar refractivity (Wildman–Crippen MR) is 138 cm³/mol. The average molecular weight is 586 g/mol. The van der Waals surface area contributed by atoms with E-state index in [2.05, 4.69) is 15.0 Å². The Morgan fingerprint density at radius 1 is 1.12 bits per heavy atom. The molecule has 0 radical (unpaired) electrons. The van der Waals surface area contributed by atoms with Gasteiger partial charge in [-0.25, -0.2) is 19.0 Å². The minimum Gasteiger partial charge on any atom is -0.479 e. The number of carboxylic acid groups (broad SMARTS) is 2. The van der Waals surface area contributed by atoms with Gasteiger partial charge < -0.3 is 35.3 Å². The Labute approximate surface area is 234 Å². The molecule has 0 spiro atoms. The van der Waals surface area contributed by atoms with Crippen LogP contribution in [0, 0.1) is 0 Å². The lowest BCUT2D eigenvalue weighted by Crippen LogP contribution is -2.53. The third-order valence-corrected chi connectivity index (χ3v) is 7.27. The summed E-state index contributed by atoms with van der Waals surface area (Å²) in [6.07, 6.45) is -6.13. The lowest BCUT2D eigenvalue weighted by molar-refractivity contribution is -0.194. The van der Waals surface area contributed by atoms with Crippen LogP contribution in [0.25, 0.3) is 11.2 Å². The van der Waals surface area contributed by atoms with Gasteiger partial charge in [0.05, 0.1) is 6.33 Å². The molecule has 41 heavy (non-hydrogen) atoms. The first-order valence-electron chi connectivity index (χ1n) is 12.2. The summed E-state index contributed by atoms with van der Waals surface area (Å²) in [5.41, 5.74) is 0.971. The fourth-order valence-corrected chi connectivity index (χ4v) is 5.14. The Hall–Kier alpha value is -4.37. The van der Waals surface area contributed by atoms with Gasteiger partial charge in [0.1, 0.15) is 29.2 Å². The second-order valence-corrected chi connectivity index (χ2v) is 9.99. The Kier molecular flexibility index (Phi) is 6.30. The molecule has 3 heterocycles. The molecular weight excluding hydrogens is 565 g/mol. The Morgan fingerprint density at radius 3 is 2.49 bits per heavy atom. The summed E-state index contributed by atoms with van der Waals surface area (Å²) in [7, 11) is 0. The second-order valence-electron chi connectivity index (χ2n) is 9.65. The number of fused-ring (bicyclic) bond motifs is 2. The summed E-state index contributed by atoms with van der Waals surface area (Å²) < 4.78 is 33.8. The predicted octanol–water partition coefficient (Wildman–Crippen LogP) is 2.37. The number of nitrogen functional groups attached to an aromatic ring is 1. The van der Waals surface area contributed by atoms with Crippen molar-refractivity contribution in [2.75, 3.05) is 5.73 Å². The third kappa shape index (κ3) is 4.32. The number of ether oxygens (including phenoxy) is 3. The van der Waals surface area contributed by atoms with Crippen molar-refractivity contribution in [1.82, 2.24) is 19.5 Å². The number of nitrogens with two attached hydrogens (primary N) is 1. The average Bonchev–Trinajstić information content (AvgIpc) is 3.17. The number of halogens is 2. The molecule has 5 atom stereocenters. The van der Waals surface area contributed by atoms with Crippen molar-refractivity contribution >= 4 is 40.5 Å². The summed E-state index contributed by atoms with van der Waals surface area (Å²) in [6, 6.07) is 14.9. The Morgan fingerprint density at radius 2 is 1.83 bits per heavy atom. The number of carbonyl (C=O) groups is 2. The van der Waals surface area contributed by atoms with Gasteiger partial charge in [0.15, 0.2) is 29.5 Å². The van der Waals surface area contributed by atoms with Crippen molar-refractivity contribution in [2.45, 2.75) is 42.2 Å². The first kappa shape index (κ1) is 26.8. The van der Waals surface area contributed by atoms with Crippen molar-refractivity contribution in [2.24, 2.45) is 0 Å². The number of benzene rings is 2. The highest BCUT2D eigenvalue weighted by Gasteiger charge is 2.80. The van der Waals surface area contributed by atoms with E-state index < -0.39 is 54.2 Å². The van der Waals surface area contributed by atoms with E-state index in [4.69, 9.17) is 31.5 Å². The van der Waals surface area contributed by atoms with E-state index >= 15 is 4.39 Å². The first-order chi connectivity index (χ1) is 19.5. The number of aliphatic hydroxyl groups is 1. The van der Waals surface area contributed by atoms with Crippen molar-refractivity contribution in [1.29, 1.82) is 0 Å². The highest BCUT2D eigenvalue weighted by atomic mass is 35.5. The van der Waals surface area contributed by atoms with Gasteiger partial charge in [0.25, 0.3) is 5.60 Å². The van der Waals surface area contributed by atoms with E-state index in [9.17, 15) is 24.9 Å². The molecule has 5 N–H and O–H groups in total. The fourth-order valence-electron chi connectivity index (χ4n) is 4.97. The molecule has 15 heteroatoms. The highest BCUT2D eigenvalue weighted by molar-refractivity contribution is 6.28. The van der Waals surface area contributed by atoms with Crippen LogP contribution < -0.4 is 10.5 Å². The SMILES string of the molecule is Nc1nc(Cl)nc2c1ncn2[C@@H]1O[C@@H]2C(OC(Cc3cccc(Oc4ccccc4)c3)(C(=O)O)C(=O)O)[C@]2(O)[C@@H]1F. The van der Waals surface area contributed by atoms with Crippen LogP contribution in [-0.2, 0) is 25.5 Å². The summed E-state index contributed by atoms with van der Waals surface area (Å²) in [4.78, 5) is 36.5. The second kappa shape index (κ2) is 9.62. The molecule has 2 aromatic carbocycles. The van der Waals surface area contributed by atoms with E-state index in [0.717, 1.165) is 4.57 Å². The van der Waals surface area contributed by atoms with E-state index in [1.54, 1.807) is 42.5 Å². The topological polar surface area (TPSA) is 192 Å². The molecule has 1 saturated carbocycles. The number of hydrogen-bond acceptors (Lipinski definition) is 10. The number of rotatable bonds is 9. The summed E-state index contributed by atoms with van der Waals surface area (Å²) in [5, 5.41) is 30.9. The van der Waals surface area contributed by atoms with Gasteiger partial charge in [0, 0.05) is 6.42 Å². The van der Waals surface area contributed by atoms with Gasteiger partial charge >= 0.3 is 11.9 Å². The van der Waals surface area contributed by atoms with Crippen LogP contribution in [0.1, 0.15) is 11.8 Å². The molecule has 1 saturated heterocycles. The minimum absolute atomic E-state index is 0.0422. The van der Waals surface area contributed by atoms with Crippen LogP contribution in [-0.4, -0.2) is 76.4 Å². The molecule has 6 rings (SSSR count). The summed E-state index contributed by atoms with van der Waals surface area (Å²) in [5.74, 6) is -2.90. The van der Waals surface area contributed by atoms with Crippen molar-refractivity contribution < 1.29 is 43.5 Å². The third-order valence-electron chi connectivity index (χ3n) is 7.10. The molecule has 0 amide bonds. The van der Waals surface area contributed by atoms with E-state index in [-0.39, 0.29) is 27.8 Å². The van der Waals surface area contributed by atoms with Crippen LogP contribution in [0.4, 0.5) is 10.2 Å². The molecule has 212 valence electrons. The number of carboxylic acids is 2. The number of anilines is 1. The van der Waals surface area contributed by atoms with Gasteiger partial charge in [-0.15, -0.1) is 0 Å². The lowest BCUT2D eigenvalue weighted by Gasteiger charge is -2.29. The maximum Gasteiger partial charge on any atom is 0.348 e. The molecule has 2 aliphatic rings. The van der Waals surface area contributed by atoms with Crippen LogP contribution in [0.2, 0.25) is 5.28 Å². The fraction of sp³-hybridized carbons (Fsp3) is 0.269.